The number of benzene rings is 1. The van der Waals surface area contributed by atoms with Gasteiger partial charge in [-0.2, -0.15) is 0 Å². The van der Waals surface area contributed by atoms with E-state index in [1.54, 1.807) is 12.1 Å². The second-order valence-electron chi connectivity index (χ2n) is 5.16. The molecule has 0 amide bonds. The van der Waals surface area contributed by atoms with Crippen molar-refractivity contribution in [2.45, 2.75) is 25.8 Å². The van der Waals surface area contributed by atoms with Gasteiger partial charge >= 0.3 is 0 Å². The molecule has 0 unspecified atom stereocenters. The number of hydrogen-bond acceptors (Lipinski definition) is 3. The van der Waals surface area contributed by atoms with Gasteiger partial charge in [-0.05, 0) is 49.2 Å². The molecule has 1 N–H and O–H groups in total. The van der Waals surface area contributed by atoms with Gasteiger partial charge in [0.15, 0.2) is 0 Å². The molecule has 1 aromatic carbocycles. The van der Waals surface area contributed by atoms with Crippen LogP contribution in [-0.2, 0) is 6.54 Å². The van der Waals surface area contributed by atoms with Gasteiger partial charge in [-0.15, -0.1) is 0 Å². The third-order valence-electron chi connectivity index (χ3n) is 3.62. The number of nitrogens with zero attached hydrogens (tertiary/aromatic N) is 1. The molecule has 2 heterocycles. The van der Waals surface area contributed by atoms with Gasteiger partial charge in [0.05, 0.1) is 6.54 Å². The number of halogens is 1. The third-order valence-corrected chi connectivity index (χ3v) is 3.62. The van der Waals surface area contributed by atoms with Crippen LogP contribution >= 0.6 is 0 Å². The molecule has 0 spiro atoms. The fourth-order valence-corrected chi connectivity index (χ4v) is 2.48. The Morgan fingerprint density at radius 3 is 2.50 bits per heavy atom. The van der Waals surface area contributed by atoms with Gasteiger partial charge in [-0.1, -0.05) is 6.42 Å². The summed E-state index contributed by atoms with van der Waals surface area (Å²) in [4.78, 5) is 0. The average molecular weight is 274 g/mol. The Bertz CT molecular complexity index is 544. The van der Waals surface area contributed by atoms with Crippen molar-refractivity contribution >= 4 is 0 Å². The number of piperidine rings is 1. The van der Waals surface area contributed by atoms with Gasteiger partial charge in [-0.3, -0.25) is 0 Å². The molecular formula is C16H19FN2O. The van der Waals surface area contributed by atoms with Gasteiger partial charge in [0.25, 0.3) is 0 Å². The fourth-order valence-electron chi connectivity index (χ4n) is 2.48. The van der Waals surface area contributed by atoms with E-state index in [2.05, 4.69) is 10.4 Å². The molecule has 3 nitrogen and oxygen atoms in total. The summed E-state index contributed by atoms with van der Waals surface area (Å²) in [6.45, 7) is 2.90. The van der Waals surface area contributed by atoms with E-state index in [-0.39, 0.29) is 5.82 Å². The van der Waals surface area contributed by atoms with Crippen molar-refractivity contribution in [2.24, 2.45) is 0 Å². The molecule has 2 aromatic rings. The summed E-state index contributed by atoms with van der Waals surface area (Å²) in [5, 5.41) is 2.25. The lowest BCUT2D eigenvalue weighted by molar-refractivity contribution is 0.146. The Morgan fingerprint density at radius 2 is 1.75 bits per heavy atom. The van der Waals surface area contributed by atoms with Crippen molar-refractivity contribution in [3.8, 4) is 11.3 Å². The first kappa shape index (κ1) is 13.3. The number of hydrogen-bond donors (Lipinski definition) is 1. The zero-order valence-electron chi connectivity index (χ0n) is 11.4. The van der Waals surface area contributed by atoms with Crippen molar-refractivity contribution in [1.82, 2.24) is 10.4 Å². The number of nitrogens with one attached hydrogen (secondary N) is 1. The lowest BCUT2D eigenvalue weighted by Gasteiger charge is -2.26. The highest BCUT2D eigenvalue weighted by Gasteiger charge is 2.10. The number of hydrazine groups is 1. The molecule has 0 atom stereocenters. The molecule has 20 heavy (non-hydrogen) atoms. The molecule has 1 fully saturated rings. The second kappa shape index (κ2) is 6.20. The first-order valence-corrected chi connectivity index (χ1v) is 7.14. The summed E-state index contributed by atoms with van der Waals surface area (Å²) in [6.07, 6.45) is 3.84. The summed E-state index contributed by atoms with van der Waals surface area (Å²) in [5.41, 5.74) is 4.29. The maximum Gasteiger partial charge on any atom is 0.134 e. The van der Waals surface area contributed by atoms with Gasteiger partial charge in [0.1, 0.15) is 17.3 Å². The molecule has 1 saturated heterocycles. The summed E-state index contributed by atoms with van der Waals surface area (Å²) in [5.74, 6) is 1.45. The van der Waals surface area contributed by atoms with Crippen LogP contribution in [0.25, 0.3) is 11.3 Å². The van der Waals surface area contributed by atoms with Gasteiger partial charge in [0.2, 0.25) is 0 Å². The van der Waals surface area contributed by atoms with Crippen LogP contribution in [0.15, 0.2) is 40.8 Å². The van der Waals surface area contributed by atoms with Crippen molar-refractivity contribution in [1.29, 1.82) is 0 Å². The molecule has 0 saturated carbocycles. The highest BCUT2D eigenvalue weighted by atomic mass is 19.1. The minimum atomic E-state index is -0.229. The van der Waals surface area contributed by atoms with E-state index >= 15 is 0 Å². The second-order valence-corrected chi connectivity index (χ2v) is 5.16. The summed E-state index contributed by atoms with van der Waals surface area (Å²) < 4.78 is 18.7. The molecule has 0 radical (unpaired) electrons. The fraction of sp³-hybridized carbons (Fsp3) is 0.375. The molecule has 106 valence electrons. The SMILES string of the molecule is Fc1ccc(-c2ccc(CNN3CCCCC3)o2)cc1. The van der Waals surface area contributed by atoms with Crippen LogP contribution < -0.4 is 5.43 Å². The first-order chi connectivity index (χ1) is 9.81. The Labute approximate surface area is 118 Å². The van der Waals surface area contributed by atoms with E-state index in [1.165, 1.54) is 31.4 Å². The lowest BCUT2D eigenvalue weighted by Crippen LogP contribution is -2.41. The summed E-state index contributed by atoms with van der Waals surface area (Å²) in [7, 11) is 0. The maximum absolute atomic E-state index is 12.9. The molecule has 1 aromatic heterocycles. The van der Waals surface area contributed by atoms with E-state index in [0.29, 0.717) is 6.54 Å². The smallest absolute Gasteiger partial charge is 0.134 e. The van der Waals surface area contributed by atoms with Crippen LogP contribution in [0.1, 0.15) is 25.0 Å². The van der Waals surface area contributed by atoms with Crippen LogP contribution in [0.4, 0.5) is 4.39 Å². The van der Waals surface area contributed by atoms with E-state index in [4.69, 9.17) is 4.42 Å². The lowest BCUT2D eigenvalue weighted by atomic mass is 10.2. The topological polar surface area (TPSA) is 28.4 Å². The minimum absolute atomic E-state index is 0.229. The van der Waals surface area contributed by atoms with Crippen LogP contribution in [0.5, 0.6) is 0 Å². The number of rotatable bonds is 4. The van der Waals surface area contributed by atoms with Crippen molar-refractivity contribution in [2.75, 3.05) is 13.1 Å². The zero-order chi connectivity index (χ0) is 13.8. The Kier molecular flexibility index (Phi) is 4.14. The molecular weight excluding hydrogens is 255 g/mol. The highest BCUT2D eigenvalue weighted by molar-refractivity contribution is 5.57. The Morgan fingerprint density at radius 1 is 1.00 bits per heavy atom. The van der Waals surface area contributed by atoms with Gasteiger partial charge < -0.3 is 4.42 Å². The van der Waals surface area contributed by atoms with Crippen LogP contribution in [-0.4, -0.2) is 18.1 Å². The van der Waals surface area contributed by atoms with Crippen molar-refractivity contribution in [3.05, 3.63) is 48.0 Å². The van der Waals surface area contributed by atoms with Gasteiger partial charge in [0, 0.05) is 18.7 Å². The third kappa shape index (κ3) is 3.26. The van der Waals surface area contributed by atoms with Crippen molar-refractivity contribution < 1.29 is 8.81 Å². The summed E-state index contributed by atoms with van der Waals surface area (Å²) >= 11 is 0. The van der Waals surface area contributed by atoms with E-state index in [1.807, 2.05) is 12.1 Å². The number of furan rings is 1. The van der Waals surface area contributed by atoms with Crippen LogP contribution in [0, 0.1) is 5.82 Å². The molecule has 1 aliphatic heterocycles. The average Bonchev–Trinajstić information content (AvgIpc) is 2.96. The normalized spacial score (nSPS) is 16.4. The minimum Gasteiger partial charge on any atom is -0.460 e. The largest absolute Gasteiger partial charge is 0.460 e. The molecule has 0 aliphatic carbocycles. The Balaban J connectivity index is 1.60. The summed E-state index contributed by atoms with van der Waals surface area (Å²) in [6, 6.07) is 10.3. The Hall–Kier alpha value is -1.65. The van der Waals surface area contributed by atoms with Gasteiger partial charge in [-0.25, -0.2) is 14.8 Å². The first-order valence-electron chi connectivity index (χ1n) is 7.14. The van der Waals surface area contributed by atoms with E-state index in [9.17, 15) is 4.39 Å². The highest BCUT2D eigenvalue weighted by Crippen LogP contribution is 2.22. The maximum atomic E-state index is 12.9. The van der Waals surface area contributed by atoms with E-state index < -0.39 is 0 Å². The quantitative estimate of drug-likeness (QED) is 0.923. The molecule has 1 aliphatic rings. The standard InChI is InChI=1S/C16H19FN2O/c17-14-6-4-13(5-7-14)16-9-8-15(20-16)12-18-19-10-2-1-3-11-19/h4-9,18H,1-3,10-12H2. The molecule has 3 rings (SSSR count). The predicted octanol–water partition coefficient (Wildman–Crippen LogP) is 3.58. The molecule has 4 heteroatoms. The van der Waals surface area contributed by atoms with E-state index in [0.717, 1.165) is 30.2 Å². The van der Waals surface area contributed by atoms with Crippen LogP contribution in [0.2, 0.25) is 0 Å². The molecule has 0 bridgehead atoms. The monoisotopic (exact) mass is 274 g/mol. The zero-order valence-corrected chi connectivity index (χ0v) is 11.4. The van der Waals surface area contributed by atoms with Crippen LogP contribution in [0.3, 0.4) is 0 Å². The predicted molar refractivity (Wildman–Crippen MR) is 76.4 cm³/mol. The van der Waals surface area contributed by atoms with Crippen molar-refractivity contribution in [3.63, 3.8) is 0 Å².